The predicted octanol–water partition coefficient (Wildman–Crippen LogP) is 3.06. The third-order valence-corrected chi connectivity index (χ3v) is 3.93. The van der Waals surface area contributed by atoms with Gasteiger partial charge in [0.15, 0.2) is 5.82 Å². The van der Waals surface area contributed by atoms with Crippen molar-refractivity contribution < 1.29 is 0 Å². The molecule has 2 N–H and O–H groups in total. The van der Waals surface area contributed by atoms with E-state index in [-0.39, 0.29) is 0 Å². The van der Waals surface area contributed by atoms with E-state index in [1.165, 1.54) is 43.4 Å². The Morgan fingerprint density at radius 2 is 2.12 bits per heavy atom. The molecule has 2 aliphatic carbocycles. The van der Waals surface area contributed by atoms with E-state index in [4.69, 9.17) is 0 Å². The lowest BCUT2D eigenvalue weighted by molar-refractivity contribution is 0.425. The van der Waals surface area contributed by atoms with Gasteiger partial charge in [-0.3, -0.25) is 5.10 Å². The number of aromatic amines is 1. The monoisotopic (exact) mass is 219 g/mol. The minimum atomic E-state index is 0.686. The second kappa shape index (κ2) is 3.79. The zero-order chi connectivity index (χ0) is 11.1. The molecule has 0 aromatic carbocycles. The number of nitrogens with zero attached hydrogens (tertiary/aromatic N) is 1. The molecule has 0 spiro atoms. The Kier molecular flexibility index (Phi) is 2.41. The van der Waals surface area contributed by atoms with Gasteiger partial charge in [-0.05, 0) is 38.0 Å². The van der Waals surface area contributed by atoms with Crippen LogP contribution in [0.1, 0.15) is 56.7 Å². The molecule has 1 heterocycles. The second-order valence-corrected chi connectivity index (χ2v) is 5.63. The third kappa shape index (κ3) is 1.72. The predicted molar refractivity (Wildman–Crippen MR) is 65.7 cm³/mol. The lowest BCUT2D eigenvalue weighted by atomic mass is 9.81. The van der Waals surface area contributed by atoms with Gasteiger partial charge in [-0.2, -0.15) is 5.10 Å². The molecule has 3 heteroatoms. The van der Waals surface area contributed by atoms with Crippen LogP contribution < -0.4 is 5.32 Å². The van der Waals surface area contributed by atoms with E-state index in [1.807, 2.05) is 0 Å². The zero-order valence-electron chi connectivity index (χ0n) is 10.2. The van der Waals surface area contributed by atoms with Crippen molar-refractivity contribution in [3.63, 3.8) is 0 Å². The maximum Gasteiger partial charge on any atom is 0.151 e. The standard InChI is InChI=1S/C13H21N3/c1-8(2)10-4-3-5-11-12(10)15-16-13(11)14-9-6-7-9/h8-10H,3-7H2,1-2H3,(H2,14,15,16). The van der Waals surface area contributed by atoms with Gasteiger partial charge in [-0.1, -0.05) is 13.8 Å². The molecule has 1 unspecified atom stereocenters. The number of nitrogens with one attached hydrogen (secondary N) is 2. The normalized spacial score (nSPS) is 24.6. The summed E-state index contributed by atoms with van der Waals surface area (Å²) in [5, 5.41) is 11.3. The molecule has 1 aromatic heterocycles. The van der Waals surface area contributed by atoms with Crippen LogP contribution in [0.4, 0.5) is 5.82 Å². The number of anilines is 1. The van der Waals surface area contributed by atoms with Crippen molar-refractivity contribution in [1.82, 2.24) is 10.2 Å². The Balaban J connectivity index is 1.87. The van der Waals surface area contributed by atoms with Gasteiger partial charge in [0.2, 0.25) is 0 Å². The summed E-state index contributed by atoms with van der Waals surface area (Å²) in [4.78, 5) is 0. The van der Waals surface area contributed by atoms with Gasteiger partial charge in [-0.25, -0.2) is 0 Å². The summed E-state index contributed by atoms with van der Waals surface area (Å²) in [6.07, 6.45) is 6.46. The topological polar surface area (TPSA) is 40.7 Å². The smallest absolute Gasteiger partial charge is 0.151 e. The van der Waals surface area contributed by atoms with Gasteiger partial charge < -0.3 is 5.32 Å². The van der Waals surface area contributed by atoms with Crippen molar-refractivity contribution in [3.8, 4) is 0 Å². The quantitative estimate of drug-likeness (QED) is 0.820. The highest BCUT2D eigenvalue weighted by Crippen LogP contribution is 2.39. The molecule has 3 nitrogen and oxygen atoms in total. The van der Waals surface area contributed by atoms with Crippen LogP contribution in [0.5, 0.6) is 0 Å². The van der Waals surface area contributed by atoms with E-state index in [1.54, 1.807) is 0 Å². The fraction of sp³-hybridized carbons (Fsp3) is 0.769. The summed E-state index contributed by atoms with van der Waals surface area (Å²) < 4.78 is 0. The molecule has 1 fully saturated rings. The molecule has 3 rings (SSSR count). The van der Waals surface area contributed by atoms with Crippen LogP contribution in [-0.4, -0.2) is 16.2 Å². The van der Waals surface area contributed by atoms with E-state index in [0.29, 0.717) is 17.9 Å². The van der Waals surface area contributed by atoms with Crippen LogP contribution in [0, 0.1) is 5.92 Å². The highest BCUT2D eigenvalue weighted by molar-refractivity contribution is 5.50. The van der Waals surface area contributed by atoms with Crippen molar-refractivity contribution in [1.29, 1.82) is 0 Å². The molecule has 2 aliphatic rings. The van der Waals surface area contributed by atoms with Gasteiger partial charge in [0, 0.05) is 23.2 Å². The van der Waals surface area contributed by atoms with Crippen LogP contribution in [-0.2, 0) is 6.42 Å². The first-order valence-electron chi connectivity index (χ1n) is 6.59. The Labute approximate surface area is 97.0 Å². The third-order valence-electron chi connectivity index (χ3n) is 3.93. The van der Waals surface area contributed by atoms with Gasteiger partial charge >= 0.3 is 0 Å². The average Bonchev–Trinajstić information content (AvgIpc) is 2.98. The van der Waals surface area contributed by atoms with E-state index in [9.17, 15) is 0 Å². The zero-order valence-corrected chi connectivity index (χ0v) is 10.2. The molecule has 0 radical (unpaired) electrons. The van der Waals surface area contributed by atoms with Crippen LogP contribution in [0.15, 0.2) is 0 Å². The minimum Gasteiger partial charge on any atom is -0.366 e. The van der Waals surface area contributed by atoms with Crippen molar-refractivity contribution >= 4 is 5.82 Å². The number of fused-ring (bicyclic) bond motifs is 1. The molecular formula is C13H21N3. The minimum absolute atomic E-state index is 0.686. The van der Waals surface area contributed by atoms with Crippen LogP contribution >= 0.6 is 0 Å². The summed E-state index contributed by atoms with van der Waals surface area (Å²) in [6.45, 7) is 4.63. The molecule has 0 saturated heterocycles. The molecule has 0 bridgehead atoms. The van der Waals surface area contributed by atoms with E-state index < -0.39 is 0 Å². The molecule has 88 valence electrons. The highest BCUT2D eigenvalue weighted by Gasteiger charge is 2.29. The lowest BCUT2D eigenvalue weighted by Crippen LogP contribution is -2.15. The SMILES string of the molecule is CC(C)C1CCCc2c(NC3CC3)n[nH]c21. The molecule has 1 saturated carbocycles. The van der Waals surface area contributed by atoms with E-state index in [0.717, 1.165) is 5.82 Å². The molecule has 0 amide bonds. The van der Waals surface area contributed by atoms with Crippen molar-refractivity contribution in [2.75, 3.05) is 5.32 Å². The van der Waals surface area contributed by atoms with Crippen molar-refractivity contribution in [2.24, 2.45) is 5.92 Å². The lowest BCUT2D eigenvalue weighted by Gasteiger charge is -2.25. The molecule has 1 atom stereocenters. The number of H-pyrrole nitrogens is 1. The maximum absolute atomic E-state index is 4.47. The summed E-state index contributed by atoms with van der Waals surface area (Å²) >= 11 is 0. The van der Waals surface area contributed by atoms with Gasteiger partial charge in [-0.15, -0.1) is 0 Å². The molecule has 1 aromatic rings. The summed E-state index contributed by atoms with van der Waals surface area (Å²) in [6, 6.07) is 0.701. The van der Waals surface area contributed by atoms with Crippen LogP contribution in [0.3, 0.4) is 0 Å². The van der Waals surface area contributed by atoms with Gasteiger partial charge in [0.25, 0.3) is 0 Å². The van der Waals surface area contributed by atoms with Crippen LogP contribution in [0.2, 0.25) is 0 Å². The maximum atomic E-state index is 4.47. The molecular weight excluding hydrogens is 198 g/mol. The molecule has 16 heavy (non-hydrogen) atoms. The van der Waals surface area contributed by atoms with Gasteiger partial charge in [0.1, 0.15) is 0 Å². The summed E-state index contributed by atoms with van der Waals surface area (Å²) in [5.74, 6) is 2.54. The Morgan fingerprint density at radius 3 is 2.81 bits per heavy atom. The number of hydrogen-bond acceptors (Lipinski definition) is 2. The van der Waals surface area contributed by atoms with Gasteiger partial charge in [0.05, 0.1) is 0 Å². The fourth-order valence-electron chi connectivity index (χ4n) is 2.79. The fourth-order valence-corrected chi connectivity index (χ4v) is 2.79. The van der Waals surface area contributed by atoms with Crippen molar-refractivity contribution in [3.05, 3.63) is 11.3 Å². The largest absolute Gasteiger partial charge is 0.366 e. The van der Waals surface area contributed by atoms with E-state index in [2.05, 4.69) is 29.4 Å². The summed E-state index contributed by atoms with van der Waals surface area (Å²) in [7, 11) is 0. The average molecular weight is 219 g/mol. The second-order valence-electron chi connectivity index (χ2n) is 5.63. The number of hydrogen-bond donors (Lipinski definition) is 2. The Morgan fingerprint density at radius 1 is 1.31 bits per heavy atom. The Bertz CT molecular complexity index is 377. The van der Waals surface area contributed by atoms with E-state index >= 15 is 0 Å². The van der Waals surface area contributed by atoms with Crippen LogP contribution in [0.25, 0.3) is 0 Å². The first-order valence-corrected chi connectivity index (χ1v) is 6.59. The highest BCUT2D eigenvalue weighted by atomic mass is 15.2. The number of rotatable bonds is 3. The Hall–Kier alpha value is -0.990. The van der Waals surface area contributed by atoms with Crippen molar-refractivity contribution in [2.45, 2.75) is 57.9 Å². The number of aromatic nitrogens is 2. The first kappa shape index (κ1) is 10.2. The molecule has 0 aliphatic heterocycles. The summed E-state index contributed by atoms with van der Waals surface area (Å²) in [5.41, 5.74) is 2.88. The first-order chi connectivity index (χ1) is 7.75.